The number of hydrogen-bond donors (Lipinski definition) is 0. The number of nitrogens with zero attached hydrogens (tertiary/aromatic N) is 1. The molecule has 0 N–H and O–H groups in total. The van der Waals surface area contributed by atoms with Crippen LogP contribution in [0.2, 0.25) is 0 Å². The lowest BCUT2D eigenvalue weighted by atomic mass is 9.89. The van der Waals surface area contributed by atoms with E-state index in [0.29, 0.717) is 5.92 Å². The number of piperidine rings is 1. The zero-order chi connectivity index (χ0) is 12.3. The summed E-state index contributed by atoms with van der Waals surface area (Å²) in [5.41, 5.74) is 2.64. The average Bonchev–Trinajstić information content (AvgIpc) is 3.20. The van der Waals surface area contributed by atoms with Crippen LogP contribution in [0.5, 0.6) is 0 Å². The molecule has 1 aliphatic heterocycles. The van der Waals surface area contributed by atoms with Crippen molar-refractivity contribution in [3.8, 4) is 0 Å². The second-order valence-electron chi connectivity index (χ2n) is 5.48. The second-order valence-corrected chi connectivity index (χ2v) is 5.48. The van der Waals surface area contributed by atoms with E-state index in [9.17, 15) is 0 Å². The molecule has 17 heavy (non-hydrogen) atoms. The standard InChI is InChI=1S/C16H25N/c1-4-13(2)5-6-14(3)15-9-11-17(12-10-15)16-7-8-16/h4-6,15-16H,3,7-12H2,1-2H3/b6-5-,13-4-. The minimum atomic E-state index is 0.714. The molecule has 0 spiro atoms. The van der Waals surface area contributed by atoms with E-state index in [0.717, 1.165) is 6.04 Å². The van der Waals surface area contributed by atoms with Gasteiger partial charge in [0, 0.05) is 6.04 Å². The summed E-state index contributed by atoms with van der Waals surface area (Å²) in [5, 5.41) is 0. The molecule has 0 bridgehead atoms. The fourth-order valence-corrected chi connectivity index (χ4v) is 2.55. The van der Waals surface area contributed by atoms with Crippen molar-refractivity contribution in [1.29, 1.82) is 0 Å². The average molecular weight is 231 g/mol. The van der Waals surface area contributed by atoms with Gasteiger partial charge >= 0.3 is 0 Å². The Morgan fingerprint density at radius 3 is 2.29 bits per heavy atom. The van der Waals surface area contributed by atoms with Gasteiger partial charge in [0.1, 0.15) is 0 Å². The fraction of sp³-hybridized carbons (Fsp3) is 0.625. The summed E-state index contributed by atoms with van der Waals surface area (Å²) in [5.74, 6) is 0.714. The quantitative estimate of drug-likeness (QED) is 0.662. The van der Waals surface area contributed by atoms with Crippen molar-refractivity contribution < 1.29 is 0 Å². The lowest BCUT2D eigenvalue weighted by molar-refractivity contribution is 0.192. The Balaban J connectivity index is 1.79. The van der Waals surface area contributed by atoms with Gasteiger partial charge in [-0.3, -0.25) is 0 Å². The zero-order valence-electron chi connectivity index (χ0n) is 11.3. The van der Waals surface area contributed by atoms with Gasteiger partial charge in [0.25, 0.3) is 0 Å². The van der Waals surface area contributed by atoms with E-state index < -0.39 is 0 Å². The maximum absolute atomic E-state index is 4.24. The molecular formula is C16H25N. The molecule has 1 saturated heterocycles. The molecule has 0 aromatic rings. The van der Waals surface area contributed by atoms with Crippen molar-refractivity contribution in [3.63, 3.8) is 0 Å². The molecule has 1 aliphatic carbocycles. The summed E-state index contributed by atoms with van der Waals surface area (Å²) in [4.78, 5) is 2.67. The lowest BCUT2D eigenvalue weighted by Gasteiger charge is -2.32. The first kappa shape index (κ1) is 12.6. The third kappa shape index (κ3) is 3.57. The van der Waals surface area contributed by atoms with E-state index >= 15 is 0 Å². The Morgan fingerprint density at radius 1 is 1.12 bits per heavy atom. The Hall–Kier alpha value is -0.820. The predicted octanol–water partition coefficient (Wildman–Crippen LogP) is 3.94. The molecule has 0 radical (unpaired) electrons. The molecule has 0 amide bonds. The van der Waals surface area contributed by atoms with Crippen molar-refractivity contribution in [2.24, 2.45) is 5.92 Å². The van der Waals surface area contributed by atoms with E-state index in [1.807, 2.05) is 0 Å². The Morgan fingerprint density at radius 2 is 1.76 bits per heavy atom. The summed E-state index contributed by atoms with van der Waals surface area (Å²) in [6, 6.07) is 0.935. The third-order valence-electron chi connectivity index (χ3n) is 4.13. The highest BCUT2D eigenvalue weighted by Crippen LogP contribution is 2.32. The van der Waals surface area contributed by atoms with Gasteiger partial charge in [0.2, 0.25) is 0 Å². The van der Waals surface area contributed by atoms with Crippen molar-refractivity contribution in [2.75, 3.05) is 13.1 Å². The maximum atomic E-state index is 4.24. The molecule has 2 aliphatic rings. The molecule has 94 valence electrons. The first-order valence-electron chi connectivity index (χ1n) is 6.94. The smallest absolute Gasteiger partial charge is 0.00964 e. The normalized spacial score (nSPS) is 24.5. The molecule has 2 fully saturated rings. The van der Waals surface area contributed by atoms with Gasteiger partial charge in [0.15, 0.2) is 0 Å². The van der Waals surface area contributed by atoms with Gasteiger partial charge in [0.05, 0.1) is 0 Å². The van der Waals surface area contributed by atoms with Crippen LogP contribution in [0.4, 0.5) is 0 Å². The topological polar surface area (TPSA) is 3.24 Å². The zero-order valence-corrected chi connectivity index (χ0v) is 11.3. The largest absolute Gasteiger partial charge is 0.300 e. The highest BCUT2D eigenvalue weighted by atomic mass is 15.2. The number of allylic oxidation sites excluding steroid dienone is 5. The first-order valence-corrected chi connectivity index (χ1v) is 6.94. The van der Waals surface area contributed by atoms with Crippen molar-refractivity contribution in [2.45, 2.75) is 45.6 Å². The molecule has 1 heterocycles. The van der Waals surface area contributed by atoms with E-state index in [1.165, 1.54) is 49.9 Å². The van der Waals surface area contributed by atoms with Crippen molar-refractivity contribution >= 4 is 0 Å². The van der Waals surface area contributed by atoms with E-state index in [2.05, 4.69) is 43.6 Å². The monoisotopic (exact) mass is 231 g/mol. The Kier molecular flexibility index (Phi) is 4.22. The van der Waals surface area contributed by atoms with Crippen LogP contribution in [0.25, 0.3) is 0 Å². The van der Waals surface area contributed by atoms with Crippen LogP contribution in [0.15, 0.2) is 36.0 Å². The van der Waals surface area contributed by atoms with Gasteiger partial charge in [-0.2, -0.15) is 0 Å². The lowest BCUT2D eigenvalue weighted by Crippen LogP contribution is -2.35. The minimum absolute atomic E-state index is 0.714. The van der Waals surface area contributed by atoms with E-state index in [4.69, 9.17) is 0 Å². The SMILES string of the molecule is C=C(/C=C\C(C)=C/C)C1CCN(C2CC2)CC1. The third-order valence-corrected chi connectivity index (χ3v) is 4.13. The van der Waals surface area contributed by atoms with E-state index in [-0.39, 0.29) is 0 Å². The summed E-state index contributed by atoms with van der Waals surface area (Å²) >= 11 is 0. The number of likely N-dealkylation sites (tertiary alicyclic amines) is 1. The molecule has 0 unspecified atom stereocenters. The van der Waals surface area contributed by atoms with Crippen LogP contribution < -0.4 is 0 Å². The molecule has 1 nitrogen and oxygen atoms in total. The van der Waals surface area contributed by atoms with Crippen LogP contribution in [0, 0.1) is 5.92 Å². The maximum Gasteiger partial charge on any atom is 0.00964 e. The summed E-state index contributed by atoms with van der Waals surface area (Å²) in [7, 11) is 0. The van der Waals surface area contributed by atoms with Crippen molar-refractivity contribution in [3.05, 3.63) is 36.0 Å². The highest BCUT2D eigenvalue weighted by molar-refractivity contribution is 5.26. The van der Waals surface area contributed by atoms with Gasteiger partial charge in [-0.25, -0.2) is 0 Å². The summed E-state index contributed by atoms with van der Waals surface area (Å²) in [6.45, 7) is 11.0. The van der Waals surface area contributed by atoms with Gasteiger partial charge in [-0.1, -0.05) is 36.0 Å². The number of rotatable bonds is 4. The summed E-state index contributed by atoms with van der Waals surface area (Å²) in [6.07, 6.45) is 12.0. The van der Waals surface area contributed by atoms with Gasteiger partial charge in [-0.05, 0) is 58.5 Å². The fourth-order valence-electron chi connectivity index (χ4n) is 2.55. The Labute approximate surface area is 106 Å². The molecule has 0 aromatic carbocycles. The first-order chi connectivity index (χ1) is 8.20. The molecule has 0 atom stereocenters. The van der Waals surface area contributed by atoms with Crippen LogP contribution in [-0.2, 0) is 0 Å². The van der Waals surface area contributed by atoms with Crippen molar-refractivity contribution in [1.82, 2.24) is 4.90 Å². The molecule has 2 rings (SSSR count). The van der Waals surface area contributed by atoms with E-state index in [1.54, 1.807) is 0 Å². The molecule has 1 heteroatoms. The predicted molar refractivity (Wildman–Crippen MR) is 75.0 cm³/mol. The second kappa shape index (κ2) is 5.68. The minimum Gasteiger partial charge on any atom is -0.300 e. The van der Waals surface area contributed by atoms with Crippen LogP contribution in [-0.4, -0.2) is 24.0 Å². The molecule has 1 saturated carbocycles. The molecule has 0 aromatic heterocycles. The Bertz CT molecular complexity index is 325. The summed E-state index contributed by atoms with van der Waals surface area (Å²) < 4.78 is 0. The van der Waals surface area contributed by atoms with Crippen LogP contribution in [0.3, 0.4) is 0 Å². The van der Waals surface area contributed by atoms with Crippen LogP contribution in [0.1, 0.15) is 39.5 Å². The highest BCUT2D eigenvalue weighted by Gasteiger charge is 2.31. The van der Waals surface area contributed by atoms with Gasteiger partial charge < -0.3 is 4.90 Å². The molecular weight excluding hydrogens is 206 g/mol. The van der Waals surface area contributed by atoms with Crippen LogP contribution >= 0.6 is 0 Å². The number of hydrogen-bond acceptors (Lipinski definition) is 1. The van der Waals surface area contributed by atoms with Gasteiger partial charge in [-0.15, -0.1) is 0 Å².